The Hall–Kier alpha value is -2.46. The number of fused-ring (bicyclic) bond motifs is 1. The van der Waals surface area contributed by atoms with E-state index in [1.807, 2.05) is 54.4 Å². The molecule has 2 aromatic rings. The first-order valence-electron chi connectivity index (χ1n) is 7.39. The molecule has 0 spiro atoms. The molecule has 0 saturated carbocycles. The van der Waals surface area contributed by atoms with Gasteiger partial charge < -0.3 is 10.0 Å². The summed E-state index contributed by atoms with van der Waals surface area (Å²) < 4.78 is 0. The van der Waals surface area contributed by atoms with Crippen molar-refractivity contribution in [3.63, 3.8) is 0 Å². The predicted octanol–water partition coefficient (Wildman–Crippen LogP) is 3.17. The summed E-state index contributed by atoms with van der Waals surface area (Å²) in [5.41, 5.74) is 3.85. The number of para-hydroxylation sites is 2. The standard InChI is InChI=1S/C18H19N3O/c1-21(11-12-22)18-13-17(14-7-3-2-4-8-14)19-15-9-5-6-10-16(15)20-18/h2-10,22H,11-13H2,1H3. The summed E-state index contributed by atoms with van der Waals surface area (Å²) in [7, 11) is 1.95. The fourth-order valence-corrected chi connectivity index (χ4v) is 2.46. The van der Waals surface area contributed by atoms with Gasteiger partial charge in [0.05, 0.1) is 23.7 Å². The molecule has 3 rings (SSSR count). The SMILES string of the molecule is CN(CCO)C1=Nc2ccccc2N=C(c2ccccc2)C1. The number of aliphatic hydroxyl groups is 1. The normalized spacial score (nSPS) is 13.7. The van der Waals surface area contributed by atoms with Crippen LogP contribution in [0, 0.1) is 0 Å². The molecule has 2 aromatic carbocycles. The topological polar surface area (TPSA) is 48.2 Å². The highest BCUT2D eigenvalue weighted by atomic mass is 16.3. The van der Waals surface area contributed by atoms with E-state index in [1.165, 1.54) is 0 Å². The van der Waals surface area contributed by atoms with Crippen LogP contribution in [-0.4, -0.2) is 41.8 Å². The van der Waals surface area contributed by atoms with E-state index < -0.39 is 0 Å². The maximum Gasteiger partial charge on any atom is 0.111 e. The average Bonchev–Trinajstić information content (AvgIpc) is 2.75. The number of aliphatic imine (C=N–C) groups is 2. The van der Waals surface area contributed by atoms with E-state index in [2.05, 4.69) is 12.1 Å². The van der Waals surface area contributed by atoms with Crippen LogP contribution in [0.5, 0.6) is 0 Å². The van der Waals surface area contributed by atoms with Crippen LogP contribution < -0.4 is 0 Å². The van der Waals surface area contributed by atoms with Gasteiger partial charge in [-0.1, -0.05) is 42.5 Å². The number of rotatable bonds is 3. The molecule has 0 atom stereocenters. The number of aliphatic hydroxyl groups excluding tert-OH is 1. The maximum atomic E-state index is 9.19. The molecule has 0 fully saturated rings. The minimum atomic E-state index is 0.106. The van der Waals surface area contributed by atoms with Crippen LogP contribution in [0.4, 0.5) is 11.4 Å². The van der Waals surface area contributed by atoms with Crippen LogP contribution in [-0.2, 0) is 0 Å². The lowest BCUT2D eigenvalue weighted by Gasteiger charge is -2.20. The third kappa shape index (κ3) is 3.07. The number of amidine groups is 1. The minimum Gasteiger partial charge on any atom is -0.395 e. The van der Waals surface area contributed by atoms with Gasteiger partial charge in [-0.2, -0.15) is 0 Å². The fourth-order valence-electron chi connectivity index (χ4n) is 2.46. The highest BCUT2D eigenvalue weighted by Crippen LogP contribution is 2.31. The lowest BCUT2D eigenvalue weighted by molar-refractivity contribution is 0.263. The van der Waals surface area contributed by atoms with Crippen LogP contribution in [0.25, 0.3) is 0 Å². The van der Waals surface area contributed by atoms with Crippen LogP contribution >= 0.6 is 0 Å². The van der Waals surface area contributed by atoms with Crippen LogP contribution in [0.3, 0.4) is 0 Å². The Kier molecular flexibility index (Phi) is 4.30. The smallest absolute Gasteiger partial charge is 0.111 e. The molecular formula is C18H19N3O. The molecule has 112 valence electrons. The van der Waals surface area contributed by atoms with Gasteiger partial charge in [0, 0.05) is 20.0 Å². The fraction of sp³-hybridized carbons (Fsp3) is 0.222. The van der Waals surface area contributed by atoms with Crippen molar-refractivity contribution < 1.29 is 5.11 Å². The number of hydrogen-bond donors (Lipinski definition) is 1. The first-order chi connectivity index (χ1) is 10.8. The maximum absolute atomic E-state index is 9.19. The van der Waals surface area contributed by atoms with Crippen LogP contribution in [0.15, 0.2) is 64.6 Å². The van der Waals surface area contributed by atoms with Crippen LogP contribution in [0.2, 0.25) is 0 Å². The van der Waals surface area contributed by atoms with Gasteiger partial charge >= 0.3 is 0 Å². The number of benzene rings is 2. The van der Waals surface area contributed by atoms with E-state index in [-0.39, 0.29) is 6.61 Å². The molecule has 1 aliphatic rings. The second-order valence-corrected chi connectivity index (χ2v) is 5.26. The summed E-state index contributed by atoms with van der Waals surface area (Å²) in [4.78, 5) is 11.6. The van der Waals surface area contributed by atoms with Crippen LogP contribution in [0.1, 0.15) is 12.0 Å². The summed E-state index contributed by atoms with van der Waals surface area (Å²) in [5.74, 6) is 0.918. The van der Waals surface area contributed by atoms with Crippen molar-refractivity contribution in [2.75, 3.05) is 20.2 Å². The van der Waals surface area contributed by atoms with E-state index in [9.17, 15) is 5.11 Å². The number of nitrogens with zero attached hydrogens (tertiary/aromatic N) is 3. The van der Waals surface area contributed by atoms with Crippen molar-refractivity contribution in [3.05, 3.63) is 60.2 Å². The molecule has 0 aliphatic carbocycles. The molecule has 0 aromatic heterocycles. The third-order valence-electron chi connectivity index (χ3n) is 3.70. The number of likely N-dealkylation sites (N-methyl/N-ethyl adjacent to an activating group) is 1. The van der Waals surface area contributed by atoms with E-state index in [1.54, 1.807) is 0 Å². The zero-order chi connectivity index (χ0) is 15.4. The van der Waals surface area contributed by atoms with Crippen molar-refractivity contribution in [3.8, 4) is 0 Å². The quantitative estimate of drug-likeness (QED) is 0.945. The summed E-state index contributed by atoms with van der Waals surface area (Å²) in [5, 5.41) is 9.19. The molecule has 0 bridgehead atoms. The van der Waals surface area contributed by atoms with Gasteiger partial charge in [0.2, 0.25) is 0 Å². The van der Waals surface area contributed by atoms with Crippen molar-refractivity contribution in [2.45, 2.75) is 6.42 Å². The molecule has 22 heavy (non-hydrogen) atoms. The number of hydrogen-bond acceptors (Lipinski definition) is 4. The van der Waals surface area contributed by atoms with E-state index in [4.69, 9.17) is 9.98 Å². The van der Waals surface area contributed by atoms with Gasteiger partial charge in [0.15, 0.2) is 0 Å². The lowest BCUT2D eigenvalue weighted by atomic mass is 10.1. The zero-order valence-electron chi connectivity index (χ0n) is 12.6. The third-order valence-corrected chi connectivity index (χ3v) is 3.70. The van der Waals surface area contributed by atoms with Crippen molar-refractivity contribution in [1.29, 1.82) is 0 Å². The minimum absolute atomic E-state index is 0.106. The Bertz CT molecular complexity index is 707. The highest BCUT2D eigenvalue weighted by molar-refractivity contribution is 6.14. The second kappa shape index (κ2) is 6.54. The average molecular weight is 293 g/mol. The Labute approximate surface area is 130 Å². The van der Waals surface area contributed by atoms with Gasteiger partial charge in [0.25, 0.3) is 0 Å². The molecule has 0 unspecified atom stereocenters. The molecule has 1 N–H and O–H groups in total. The molecular weight excluding hydrogens is 274 g/mol. The van der Waals surface area contributed by atoms with Gasteiger partial charge in [0.1, 0.15) is 5.84 Å². The first-order valence-corrected chi connectivity index (χ1v) is 7.39. The second-order valence-electron chi connectivity index (χ2n) is 5.26. The molecule has 4 heteroatoms. The van der Waals surface area contributed by atoms with Crippen molar-refractivity contribution >= 4 is 22.9 Å². The molecule has 1 heterocycles. The van der Waals surface area contributed by atoms with Gasteiger partial charge in [-0.05, 0) is 17.7 Å². The van der Waals surface area contributed by atoms with E-state index in [0.717, 1.165) is 28.5 Å². The lowest BCUT2D eigenvalue weighted by Crippen LogP contribution is -2.31. The predicted molar refractivity (Wildman–Crippen MR) is 90.5 cm³/mol. The molecule has 0 amide bonds. The summed E-state index contributed by atoms with van der Waals surface area (Å²) in [6, 6.07) is 18.1. The van der Waals surface area contributed by atoms with Crippen molar-refractivity contribution in [1.82, 2.24) is 4.90 Å². The van der Waals surface area contributed by atoms with E-state index >= 15 is 0 Å². The largest absolute Gasteiger partial charge is 0.395 e. The highest BCUT2D eigenvalue weighted by Gasteiger charge is 2.17. The summed E-state index contributed by atoms with van der Waals surface area (Å²) in [6.45, 7) is 0.665. The summed E-state index contributed by atoms with van der Waals surface area (Å²) >= 11 is 0. The zero-order valence-corrected chi connectivity index (χ0v) is 12.6. The Morgan fingerprint density at radius 3 is 2.27 bits per heavy atom. The first kappa shape index (κ1) is 14.5. The molecule has 0 radical (unpaired) electrons. The molecule has 4 nitrogen and oxygen atoms in total. The Morgan fingerprint density at radius 1 is 0.955 bits per heavy atom. The van der Waals surface area contributed by atoms with Gasteiger partial charge in [-0.25, -0.2) is 4.99 Å². The molecule has 1 aliphatic heterocycles. The summed E-state index contributed by atoms with van der Waals surface area (Å²) in [6.07, 6.45) is 0.648. The van der Waals surface area contributed by atoms with Crippen molar-refractivity contribution in [2.24, 2.45) is 9.98 Å². The van der Waals surface area contributed by atoms with Gasteiger partial charge in [-0.3, -0.25) is 4.99 Å². The monoisotopic (exact) mass is 293 g/mol. The Morgan fingerprint density at radius 2 is 1.59 bits per heavy atom. The Balaban J connectivity index is 2.06. The van der Waals surface area contributed by atoms with Gasteiger partial charge in [-0.15, -0.1) is 0 Å². The van der Waals surface area contributed by atoms with E-state index in [0.29, 0.717) is 13.0 Å². The molecule has 0 saturated heterocycles.